The fraction of sp³-hybridized carbons (Fsp3) is 0.0952. The van der Waals surface area contributed by atoms with Crippen molar-refractivity contribution in [2.45, 2.75) is 4.90 Å². The summed E-state index contributed by atoms with van der Waals surface area (Å²) in [5, 5.41) is 1.69. The molecule has 0 radical (unpaired) electrons. The zero-order chi connectivity index (χ0) is 21.0. The number of anilines is 2. The maximum Gasteiger partial charge on any atom is 0.270 e. The zero-order valence-electron chi connectivity index (χ0n) is 15.9. The number of sulfonamides is 1. The van der Waals surface area contributed by atoms with Crippen molar-refractivity contribution in [3.63, 3.8) is 0 Å². The Labute approximate surface area is 175 Å². The first kappa shape index (κ1) is 20.9. The Morgan fingerprint density at radius 1 is 0.862 bits per heavy atom. The number of rotatable bonds is 6. The molecule has 0 aliphatic carbocycles. The minimum absolute atomic E-state index is 0.0539. The van der Waals surface area contributed by atoms with E-state index in [0.717, 1.165) is 15.7 Å². The molecule has 0 aromatic heterocycles. The van der Waals surface area contributed by atoms with E-state index in [4.69, 9.17) is 11.6 Å². The highest BCUT2D eigenvalue weighted by Gasteiger charge is 2.23. The Bertz CT molecular complexity index is 1070. The monoisotopic (exact) mass is 429 g/mol. The van der Waals surface area contributed by atoms with Crippen LogP contribution in [0.4, 0.5) is 11.4 Å². The van der Waals surface area contributed by atoms with Crippen molar-refractivity contribution < 1.29 is 13.2 Å². The van der Waals surface area contributed by atoms with Crippen molar-refractivity contribution in [1.82, 2.24) is 9.73 Å². The van der Waals surface area contributed by atoms with Gasteiger partial charge in [0.2, 0.25) is 10.0 Å². The van der Waals surface area contributed by atoms with Gasteiger partial charge in [0, 0.05) is 19.7 Å². The molecule has 0 atom stereocenters. The summed E-state index contributed by atoms with van der Waals surface area (Å²) < 4.78 is 26.0. The van der Waals surface area contributed by atoms with Gasteiger partial charge in [-0.05, 0) is 42.5 Å². The molecule has 3 aromatic rings. The SMILES string of the molecule is CN(C)S(=O)(=O)c1cc(C(=O)NN(c2ccccc2)c2ccccc2)ccc1Cl. The molecule has 3 aromatic carbocycles. The summed E-state index contributed by atoms with van der Waals surface area (Å²) in [7, 11) is -0.973. The Hall–Kier alpha value is -2.87. The number of nitrogens with zero attached hydrogens (tertiary/aromatic N) is 2. The fourth-order valence-electron chi connectivity index (χ4n) is 2.64. The van der Waals surface area contributed by atoms with Crippen LogP contribution in [0, 0.1) is 0 Å². The Balaban J connectivity index is 1.97. The topological polar surface area (TPSA) is 69.7 Å². The highest BCUT2D eigenvalue weighted by Crippen LogP contribution is 2.26. The smallest absolute Gasteiger partial charge is 0.267 e. The lowest BCUT2D eigenvalue weighted by Crippen LogP contribution is -2.39. The lowest BCUT2D eigenvalue weighted by atomic mass is 10.2. The highest BCUT2D eigenvalue weighted by molar-refractivity contribution is 7.89. The second kappa shape index (κ2) is 8.65. The minimum atomic E-state index is -3.79. The lowest BCUT2D eigenvalue weighted by Gasteiger charge is -2.25. The van der Waals surface area contributed by atoms with Crippen LogP contribution in [0.3, 0.4) is 0 Å². The number of hydrogen-bond acceptors (Lipinski definition) is 4. The molecular formula is C21H20ClN3O3S. The number of para-hydroxylation sites is 2. The van der Waals surface area contributed by atoms with E-state index >= 15 is 0 Å². The van der Waals surface area contributed by atoms with Crippen LogP contribution in [-0.4, -0.2) is 32.7 Å². The van der Waals surface area contributed by atoms with E-state index in [2.05, 4.69) is 5.43 Å². The highest BCUT2D eigenvalue weighted by atomic mass is 35.5. The molecule has 6 nitrogen and oxygen atoms in total. The van der Waals surface area contributed by atoms with E-state index < -0.39 is 15.9 Å². The first-order valence-electron chi connectivity index (χ1n) is 8.74. The molecule has 3 rings (SSSR count). The first-order valence-corrected chi connectivity index (χ1v) is 10.6. The molecule has 150 valence electrons. The van der Waals surface area contributed by atoms with Gasteiger partial charge in [0.1, 0.15) is 4.90 Å². The molecule has 1 amide bonds. The predicted molar refractivity (Wildman–Crippen MR) is 115 cm³/mol. The van der Waals surface area contributed by atoms with Gasteiger partial charge in [-0.2, -0.15) is 0 Å². The third-order valence-electron chi connectivity index (χ3n) is 4.19. The van der Waals surface area contributed by atoms with Crippen LogP contribution < -0.4 is 10.4 Å². The molecule has 0 saturated heterocycles. The van der Waals surface area contributed by atoms with Crippen molar-refractivity contribution in [2.75, 3.05) is 19.1 Å². The Kier molecular flexibility index (Phi) is 6.22. The van der Waals surface area contributed by atoms with E-state index in [1.54, 1.807) is 5.01 Å². The van der Waals surface area contributed by atoms with Gasteiger partial charge in [-0.15, -0.1) is 0 Å². The molecule has 0 fully saturated rings. The molecular weight excluding hydrogens is 410 g/mol. The van der Waals surface area contributed by atoms with Gasteiger partial charge in [0.25, 0.3) is 5.91 Å². The lowest BCUT2D eigenvalue weighted by molar-refractivity contribution is 0.0953. The third kappa shape index (κ3) is 4.59. The molecule has 8 heteroatoms. The summed E-state index contributed by atoms with van der Waals surface area (Å²) in [6.07, 6.45) is 0. The van der Waals surface area contributed by atoms with Gasteiger partial charge < -0.3 is 0 Å². The Morgan fingerprint density at radius 3 is 1.86 bits per heavy atom. The van der Waals surface area contributed by atoms with Crippen molar-refractivity contribution in [1.29, 1.82) is 0 Å². The summed E-state index contributed by atoms with van der Waals surface area (Å²) >= 11 is 6.08. The molecule has 0 bridgehead atoms. The van der Waals surface area contributed by atoms with Gasteiger partial charge >= 0.3 is 0 Å². The number of hydrazine groups is 1. The standard InChI is InChI=1S/C21H20ClN3O3S/c1-24(2)29(27,28)20-15-16(13-14-19(20)22)21(26)23-25(17-9-5-3-6-10-17)18-11-7-4-8-12-18/h3-15H,1-2H3,(H,23,26). The summed E-state index contributed by atoms with van der Waals surface area (Å²) in [5.74, 6) is -0.468. The number of halogens is 1. The number of hydrogen-bond donors (Lipinski definition) is 1. The fourth-order valence-corrected chi connectivity index (χ4v) is 4.03. The van der Waals surface area contributed by atoms with Crippen LogP contribution >= 0.6 is 11.6 Å². The molecule has 0 spiro atoms. The van der Waals surface area contributed by atoms with Crippen molar-refractivity contribution >= 4 is 38.9 Å². The average molecular weight is 430 g/mol. The van der Waals surface area contributed by atoms with Crippen LogP contribution in [0.2, 0.25) is 5.02 Å². The van der Waals surface area contributed by atoms with E-state index in [0.29, 0.717) is 0 Å². The van der Waals surface area contributed by atoms with Crippen LogP contribution in [0.15, 0.2) is 83.8 Å². The number of nitrogens with one attached hydrogen (secondary N) is 1. The number of amides is 1. The van der Waals surface area contributed by atoms with Gasteiger partial charge in [-0.3, -0.25) is 15.2 Å². The summed E-state index contributed by atoms with van der Waals surface area (Å²) in [6, 6.07) is 22.8. The van der Waals surface area contributed by atoms with Gasteiger partial charge in [-0.25, -0.2) is 12.7 Å². The molecule has 0 saturated carbocycles. The summed E-state index contributed by atoms with van der Waals surface area (Å²) in [4.78, 5) is 12.8. The van der Waals surface area contributed by atoms with Crippen molar-refractivity contribution in [2.24, 2.45) is 0 Å². The maximum atomic E-state index is 13.0. The van der Waals surface area contributed by atoms with Crippen LogP contribution in [0.5, 0.6) is 0 Å². The van der Waals surface area contributed by atoms with E-state index in [9.17, 15) is 13.2 Å². The molecule has 0 aliphatic rings. The zero-order valence-corrected chi connectivity index (χ0v) is 17.5. The van der Waals surface area contributed by atoms with E-state index in [-0.39, 0.29) is 15.5 Å². The van der Waals surface area contributed by atoms with Crippen LogP contribution in [0.25, 0.3) is 0 Å². The van der Waals surface area contributed by atoms with Gasteiger partial charge in [0.05, 0.1) is 16.4 Å². The molecule has 1 N–H and O–H groups in total. The van der Waals surface area contributed by atoms with Crippen LogP contribution in [-0.2, 0) is 10.0 Å². The van der Waals surface area contributed by atoms with Crippen LogP contribution in [0.1, 0.15) is 10.4 Å². The van der Waals surface area contributed by atoms with Gasteiger partial charge in [-0.1, -0.05) is 48.0 Å². The summed E-state index contributed by atoms with van der Waals surface area (Å²) in [5.41, 5.74) is 4.51. The van der Waals surface area contributed by atoms with Gasteiger partial charge in [0.15, 0.2) is 0 Å². The average Bonchev–Trinajstić information content (AvgIpc) is 2.73. The minimum Gasteiger partial charge on any atom is -0.267 e. The maximum absolute atomic E-state index is 13.0. The molecule has 0 unspecified atom stereocenters. The number of carbonyl (C=O) groups excluding carboxylic acids is 1. The summed E-state index contributed by atoms with van der Waals surface area (Å²) in [6.45, 7) is 0. The quantitative estimate of drug-likeness (QED) is 0.599. The second-order valence-corrected chi connectivity index (χ2v) is 8.91. The Morgan fingerprint density at radius 2 is 1.38 bits per heavy atom. The third-order valence-corrected chi connectivity index (χ3v) is 6.49. The number of carbonyl (C=O) groups is 1. The molecule has 0 aliphatic heterocycles. The largest absolute Gasteiger partial charge is 0.270 e. The molecule has 29 heavy (non-hydrogen) atoms. The predicted octanol–water partition coefficient (Wildman–Crippen LogP) is 4.07. The molecule has 0 heterocycles. The second-order valence-electron chi connectivity index (χ2n) is 6.38. The van der Waals surface area contributed by atoms with Crippen molar-refractivity contribution in [3.8, 4) is 0 Å². The van der Waals surface area contributed by atoms with Crippen molar-refractivity contribution in [3.05, 3.63) is 89.4 Å². The normalized spacial score (nSPS) is 11.3. The number of benzene rings is 3. The van der Waals surface area contributed by atoms with E-state index in [1.165, 1.54) is 32.3 Å². The van der Waals surface area contributed by atoms with E-state index in [1.807, 2.05) is 60.7 Å². The first-order chi connectivity index (χ1) is 13.8.